The second kappa shape index (κ2) is 10.2. The van der Waals surface area contributed by atoms with Crippen LogP contribution in [0.5, 0.6) is 0 Å². The zero-order valence-corrected chi connectivity index (χ0v) is 16.3. The Bertz CT molecular complexity index is 814. The molecular formula is C25H29N. The molecule has 0 bridgehead atoms. The number of rotatable bonds is 4. The molecule has 0 saturated carbocycles. The molecule has 0 fully saturated rings. The molecular weight excluding hydrogens is 314 g/mol. The number of hydrogen-bond acceptors (Lipinski definition) is 1. The van der Waals surface area contributed by atoms with Gasteiger partial charge in [0.1, 0.15) is 0 Å². The Kier molecular flexibility index (Phi) is 7.70. The number of anilines is 1. The van der Waals surface area contributed by atoms with E-state index in [1.807, 2.05) is 13.1 Å². The summed E-state index contributed by atoms with van der Waals surface area (Å²) in [5.41, 5.74) is 7.34. The van der Waals surface area contributed by atoms with Crippen molar-refractivity contribution in [3.8, 4) is 11.1 Å². The van der Waals surface area contributed by atoms with Crippen LogP contribution in [0.3, 0.4) is 0 Å². The van der Waals surface area contributed by atoms with Crippen molar-refractivity contribution < 1.29 is 0 Å². The molecule has 1 nitrogen and oxygen atoms in total. The van der Waals surface area contributed by atoms with E-state index in [0.717, 1.165) is 5.69 Å². The van der Waals surface area contributed by atoms with Crippen LogP contribution in [0.2, 0.25) is 0 Å². The topological polar surface area (TPSA) is 12.0 Å². The zero-order valence-electron chi connectivity index (χ0n) is 16.3. The molecule has 3 rings (SSSR count). The third-order valence-electron chi connectivity index (χ3n) is 4.08. The lowest BCUT2D eigenvalue weighted by Crippen LogP contribution is -1.96. The first kappa shape index (κ1) is 19.5. The summed E-state index contributed by atoms with van der Waals surface area (Å²) in [6.45, 7) is 6.34. The summed E-state index contributed by atoms with van der Waals surface area (Å²) in [5, 5.41) is 3.28. The van der Waals surface area contributed by atoms with Crippen LogP contribution >= 0.6 is 0 Å². The van der Waals surface area contributed by atoms with Crippen LogP contribution < -0.4 is 5.32 Å². The molecule has 0 amide bonds. The molecule has 0 aliphatic rings. The van der Waals surface area contributed by atoms with Gasteiger partial charge in [0.15, 0.2) is 0 Å². The minimum absolute atomic E-state index is 1.15. The molecule has 3 aromatic carbocycles. The minimum Gasteiger partial charge on any atom is -0.388 e. The van der Waals surface area contributed by atoms with E-state index in [-0.39, 0.29) is 0 Å². The predicted octanol–water partition coefficient (Wildman–Crippen LogP) is 7.26. The maximum atomic E-state index is 3.28. The highest BCUT2D eigenvalue weighted by Crippen LogP contribution is 2.30. The van der Waals surface area contributed by atoms with Gasteiger partial charge in [-0.05, 0) is 35.3 Å². The van der Waals surface area contributed by atoms with Gasteiger partial charge in [0.05, 0.1) is 0 Å². The highest BCUT2D eigenvalue weighted by atomic mass is 14.8. The van der Waals surface area contributed by atoms with E-state index in [4.69, 9.17) is 0 Å². The lowest BCUT2D eigenvalue weighted by atomic mass is 9.94. The largest absolute Gasteiger partial charge is 0.388 e. The molecule has 134 valence electrons. The molecule has 3 aromatic rings. The van der Waals surface area contributed by atoms with Gasteiger partial charge in [-0.25, -0.2) is 0 Å². The number of hydrogen-bond donors (Lipinski definition) is 1. The molecule has 0 atom stereocenters. The lowest BCUT2D eigenvalue weighted by Gasteiger charge is -2.13. The van der Waals surface area contributed by atoms with Gasteiger partial charge in [0.2, 0.25) is 0 Å². The SMILES string of the molecule is C/C=C(/c1ccc(-c2ccccc2)cc1)c1ccccc1NC.CCC. The van der Waals surface area contributed by atoms with Gasteiger partial charge in [-0.1, -0.05) is 99.1 Å². The molecule has 1 N–H and O–H groups in total. The van der Waals surface area contributed by atoms with Crippen LogP contribution in [0.25, 0.3) is 16.7 Å². The molecule has 1 heteroatoms. The average Bonchev–Trinajstić information content (AvgIpc) is 2.71. The van der Waals surface area contributed by atoms with E-state index in [1.54, 1.807) is 0 Å². The van der Waals surface area contributed by atoms with Crippen LogP contribution in [-0.4, -0.2) is 7.05 Å². The Balaban J connectivity index is 0.000000758. The Labute approximate surface area is 158 Å². The highest BCUT2D eigenvalue weighted by Gasteiger charge is 2.08. The molecule has 0 radical (unpaired) electrons. The number of para-hydroxylation sites is 1. The summed E-state index contributed by atoms with van der Waals surface area (Å²) >= 11 is 0. The third kappa shape index (κ3) is 4.86. The van der Waals surface area contributed by atoms with Crippen LogP contribution in [0.15, 0.2) is 84.9 Å². The number of nitrogens with one attached hydrogen (secondary N) is 1. The van der Waals surface area contributed by atoms with Crippen molar-refractivity contribution in [1.82, 2.24) is 0 Å². The highest BCUT2D eigenvalue weighted by molar-refractivity contribution is 5.86. The summed E-state index contributed by atoms with van der Waals surface area (Å²) < 4.78 is 0. The maximum Gasteiger partial charge on any atom is 0.0417 e. The second-order valence-corrected chi connectivity index (χ2v) is 6.15. The molecule has 0 aromatic heterocycles. The molecule has 26 heavy (non-hydrogen) atoms. The van der Waals surface area contributed by atoms with Gasteiger partial charge < -0.3 is 5.32 Å². The summed E-state index contributed by atoms with van der Waals surface area (Å²) in [5.74, 6) is 0. The summed E-state index contributed by atoms with van der Waals surface area (Å²) in [7, 11) is 1.96. The predicted molar refractivity (Wildman–Crippen MR) is 117 cm³/mol. The molecule has 0 aliphatic carbocycles. The Morgan fingerprint density at radius 2 is 1.31 bits per heavy atom. The van der Waals surface area contributed by atoms with Gasteiger partial charge in [-0.15, -0.1) is 0 Å². The van der Waals surface area contributed by atoms with Crippen molar-refractivity contribution in [3.63, 3.8) is 0 Å². The second-order valence-electron chi connectivity index (χ2n) is 6.15. The van der Waals surface area contributed by atoms with Crippen molar-refractivity contribution in [1.29, 1.82) is 0 Å². The van der Waals surface area contributed by atoms with E-state index in [2.05, 4.69) is 105 Å². The van der Waals surface area contributed by atoms with Crippen molar-refractivity contribution in [3.05, 3.63) is 96.1 Å². The van der Waals surface area contributed by atoms with E-state index in [0.29, 0.717) is 0 Å². The molecule has 0 saturated heterocycles. The first-order chi connectivity index (χ1) is 12.7. The smallest absolute Gasteiger partial charge is 0.0417 e. The Morgan fingerprint density at radius 3 is 1.88 bits per heavy atom. The van der Waals surface area contributed by atoms with Crippen LogP contribution in [0, 0.1) is 0 Å². The summed E-state index contributed by atoms with van der Waals surface area (Å²) in [6.07, 6.45) is 3.42. The fourth-order valence-corrected chi connectivity index (χ4v) is 2.89. The summed E-state index contributed by atoms with van der Waals surface area (Å²) in [6, 6.07) is 27.7. The van der Waals surface area contributed by atoms with Crippen molar-refractivity contribution >= 4 is 11.3 Å². The van der Waals surface area contributed by atoms with E-state index >= 15 is 0 Å². The van der Waals surface area contributed by atoms with Gasteiger partial charge in [0, 0.05) is 18.3 Å². The molecule has 0 heterocycles. The average molecular weight is 344 g/mol. The number of allylic oxidation sites excluding steroid dienone is 1. The van der Waals surface area contributed by atoms with Crippen molar-refractivity contribution in [2.45, 2.75) is 27.2 Å². The Hall–Kier alpha value is -2.80. The quantitative estimate of drug-likeness (QED) is 0.525. The van der Waals surface area contributed by atoms with E-state index in [9.17, 15) is 0 Å². The fourth-order valence-electron chi connectivity index (χ4n) is 2.89. The van der Waals surface area contributed by atoms with Gasteiger partial charge >= 0.3 is 0 Å². The first-order valence-electron chi connectivity index (χ1n) is 9.34. The zero-order chi connectivity index (χ0) is 18.8. The molecule has 0 aliphatic heterocycles. The van der Waals surface area contributed by atoms with Gasteiger partial charge in [0.25, 0.3) is 0 Å². The first-order valence-corrected chi connectivity index (χ1v) is 9.34. The molecule has 0 spiro atoms. The van der Waals surface area contributed by atoms with Gasteiger partial charge in [-0.3, -0.25) is 0 Å². The Morgan fingerprint density at radius 1 is 0.769 bits per heavy atom. The van der Waals surface area contributed by atoms with Crippen LogP contribution in [0.1, 0.15) is 38.3 Å². The standard InChI is InChI=1S/C22H21N.C3H8/c1-3-20(21-11-7-8-12-22(21)23-2)19-15-13-18(14-16-19)17-9-5-4-6-10-17;1-3-2/h3-16,23H,1-2H3;3H2,1-2H3/b20-3-;. The van der Waals surface area contributed by atoms with E-state index in [1.165, 1.54) is 34.2 Å². The monoisotopic (exact) mass is 343 g/mol. The minimum atomic E-state index is 1.15. The maximum absolute atomic E-state index is 3.28. The summed E-state index contributed by atoms with van der Waals surface area (Å²) in [4.78, 5) is 0. The van der Waals surface area contributed by atoms with Crippen molar-refractivity contribution in [2.75, 3.05) is 12.4 Å². The normalized spacial score (nSPS) is 10.7. The third-order valence-corrected chi connectivity index (χ3v) is 4.08. The van der Waals surface area contributed by atoms with Crippen molar-refractivity contribution in [2.24, 2.45) is 0 Å². The fraction of sp³-hybridized carbons (Fsp3) is 0.200. The van der Waals surface area contributed by atoms with Gasteiger partial charge in [-0.2, -0.15) is 0 Å². The molecule has 0 unspecified atom stereocenters. The van der Waals surface area contributed by atoms with Crippen LogP contribution in [0.4, 0.5) is 5.69 Å². The lowest BCUT2D eigenvalue weighted by molar-refractivity contribution is 1.09. The van der Waals surface area contributed by atoms with Crippen LogP contribution in [-0.2, 0) is 0 Å². The number of benzene rings is 3. The van der Waals surface area contributed by atoms with E-state index < -0.39 is 0 Å².